The highest BCUT2D eigenvalue weighted by atomic mass is 16.4. The van der Waals surface area contributed by atoms with Crippen LogP contribution in [-0.4, -0.2) is 33.2 Å². The van der Waals surface area contributed by atoms with Gasteiger partial charge in [-0.2, -0.15) is 4.68 Å². The molecular weight excluding hydrogens is 310 g/mol. The van der Waals surface area contributed by atoms with Gasteiger partial charge in [0.05, 0.1) is 6.26 Å². The summed E-state index contributed by atoms with van der Waals surface area (Å²) in [4.78, 5) is 26.6. The first kappa shape index (κ1) is 15.2. The lowest BCUT2D eigenvalue weighted by Gasteiger charge is -2.44. The van der Waals surface area contributed by atoms with Crippen molar-refractivity contribution in [3.8, 4) is 11.7 Å². The number of amides is 1. The molecule has 7 nitrogen and oxygen atoms in total. The van der Waals surface area contributed by atoms with Gasteiger partial charge in [-0.1, -0.05) is 12.8 Å². The highest BCUT2D eigenvalue weighted by molar-refractivity contribution is 5.76. The molecule has 0 radical (unpaired) electrons. The molecule has 24 heavy (non-hydrogen) atoms. The summed E-state index contributed by atoms with van der Waals surface area (Å²) in [7, 11) is 0. The average Bonchev–Trinajstić information content (AvgIpc) is 3.25. The first-order valence-electron chi connectivity index (χ1n) is 8.63. The molecule has 1 saturated carbocycles. The molecule has 1 saturated heterocycles. The maximum absolute atomic E-state index is 12.7. The Labute approximate surface area is 139 Å². The number of aromatic nitrogens is 2. The first-order chi connectivity index (χ1) is 11.7. The molecular formula is C17H21N3O4. The van der Waals surface area contributed by atoms with E-state index in [9.17, 15) is 9.59 Å². The number of hydrogen-bond donors (Lipinski definition) is 0. The Morgan fingerprint density at radius 2 is 2.08 bits per heavy atom. The van der Waals surface area contributed by atoms with E-state index in [1.54, 1.807) is 12.1 Å². The van der Waals surface area contributed by atoms with Crippen LogP contribution in [0.5, 0.6) is 0 Å². The van der Waals surface area contributed by atoms with Crippen LogP contribution in [0.4, 0.5) is 0 Å². The van der Waals surface area contributed by atoms with Crippen LogP contribution in [0.2, 0.25) is 0 Å². The summed E-state index contributed by atoms with van der Waals surface area (Å²) in [6.07, 6.45) is 8.45. The molecule has 0 bridgehead atoms. The van der Waals surface area contributed by atoms with Gasteiger partial charge in [-0.05, 0) is 43.7 Å². The summed E-state index contributed by atoms with van der Waals surface area (Å²) in [6.45, 7) is 0.698. The van der Waals surface area contributed by atoms with Gasteiger partial charge in [0.15, 0.2) is 5.76 Å². The standard InChI is InChI=1S/C17H21N3O4/c21-15(19-9-3-6-12-5-1-2-7-13(12)19)11-20-17(22)24-16(18-20)14-8-4-10-23-14/h4,8,10,12-13H,1-3,5-7,9,11H2. The van der Waals surface area contributed by atoms with Gasteiger partial charge in [-0.25, -0.2) is 4.79 Å². The SMILES string of the molecule is O=C(Cn1nc(-c2ccco2)oc1=O)N1CCCC2CCCCC21. The summed E-state index contributed by atoms with van der Waals surface area (Å²) in [5, 5.41) is 4.09. The van der Waals surface area contributed by atoms with Crippen LogP contribution in [-0.2, 0) is 11.3 Å². The van der Waals surface area contributed by atoms with Crippen LogP contribution >= 0.6 is 0 Å². The molecule has 2 fully saturated rings. The van der Waals surface area contributed by atoms with Crippen molar-refractivity contribution in [3.63, 3.8) is 0 Å². The van der Waals surface area contributed by atoms with Crippen molar-refractivity contribution in [1.29, 1.82) is 0 Å². The van der Waals surface area contributed by atoms with Crippen molar-refractivity contribution in [2.45, 2.75) is 51.1 Å². The van der Waals surface area contributed by atoms with E-state index in [2.05, 4.69) is 5.10 Å². The third-order valence-electron chi connectivity index (χ3n) is 5.19. The quantitative estimate of drug-likeness (QED) is 0.862. The molecule has 2 unspecified atom stereocenters. The molecule has 7 heteroatoms. The predicted octanol–water partition coefficient (Wildman–Crippen LogP) is 2.28. The third-order valence-corrected chi connectivity index (χ3v) is 5.19. The molecule has 1 aliphatic heterocycles. The maximum Gasteiger partial charge on any atom is 0.437 e. The summed E-state index contributed by atoms with van der Waals surface area (Å²) in [6, 6.07) is 3.68. The number of hydrogen-bond acceptors (Lipinski definition) is 5. The topological polar surface area (TPSA) is 81.5 Å². The summed E-state index contributed by atoms with van der Waals surface area (Å²) >= 11 is 0. The molecule has 1 amide bonds. The van der Waals surface area contributed by atoms with Crippen LogP contribution in [0.3, 0.4) is 0 Å². The van der Waals surface area contributed by atoms with E-state index in [0.29, 0.717) is 17.7 Å². The number of likely N-dealkylation sites (tertiary alicyclic amines) is 1. The van der Waals surface area contributed by atoms with Crippen LogP contribution in [0.25, 0.3) is 11.7 Å². The Kier molecular flexibility index (Phi) is 4.00. The van der Waals surface area contributed by atoms with Crippen molar-refractivity contribution >= 4 is 5.91 Å². The summed E-state index contributed by atoms with van der Waals surface area (Å²) in [5.41, 5.74) is 0. The van der Waals surface area contributed by atoms with E-state index in [4.69, 9.17) is 8.83 Å². The second kappa shape index (κ2) is 6.30. The molecule has 0 N–H and O–H groups in total. The number of nitrogens with zero attached hydrogens (tertiary/aromatic N) is 3. The highest BCUT2D eigenvalue weighted by Crippen LogP contribution is 2.35. The van der Waals surface area contributed by atoms with Gasteiger partial charge in [0, 0.05) is 12.6 Å². The number of carbonyl (C=O) groups is 1. The van der Waals surface area contributed by atoms with Crippen LogP contribution < -0.4 is 5.76 Å². The van der Waals surface area contributed by atoms with Gasteiger partial charge in [0.1, 0.15) is 6.54 Å². The zero-order valence-corrected chi connectivity index (χ0v) is 13.5. The highest BCUT2D eigenvalue weighted by Gasteiger charge is 2.35. The van der Waals surface area contributed by atoms with Crippen molar-refractivity contribution in [1.82, 2.24) is 14.7 Å². The van der Waals surface area contributed by atoms with E-state index < -0.39 is 5.76 Å². The molecule has 2 aromatic rings. The lowest BCUT2D eigenvalue weighted by molar-refractivity contribution is -0.138. The van der Waals surface area contributed by atoms with Crippen LogP contribution in [0.15, 0.2) is 32.0 Å². The van der Waals surface area contributed by atoms with Gasteiger partial charge >= 0.3 is 5.76 Å². The Morgan fingerprint density at radius 3 is 2.92 bits per heavy atom. The predicted molar refractivity (Wildman–Crippen MR) is 85.2 cm³/mol. The van der Waals surface area contributed by atoms with E-state index >= 15 is 0 Å². The Balaban J connectivity index is 1.50. The maximum atomic E-state index is 12.7. The minimum atomic E-state index is -0.632. The second-order valence-electron chi connectivity index (χ2n) is 6.65. The monoisotopic (exact) mass is 331 g/mol. The third kappa shape index (κ3) is 2.79. The fraction of sp³-hybridized carbons (Fsp3) is 0.588. The molecule has 1 aliphatic carbocycles. The van der Waals surface area contributed by atoms with E-state index in [0.717, 1.165) is 24.1 Å². The minimum absolute atomic E-state index is 0.0482. The van der Waals surface area contributed by atoms with Crippen LogP contribution in [0, 0.1) is 5.92 Å². The molecule has 2 atom stereocenters. The number of rotatable bonds is 3. The lowest BCUT2D eigenvalue weighted by Crippen LogP contribution is -2.51. The summed E-state index contributed by atoms with van der Waals surface area (Å²) < 4.78 is 11.4. The lowest BCUT2D eigenvalue weighted by atomic mass is 9.78. The Hall–Kier alpha value is -2.31. The number of piperidine rings is 1. The van der Waals surface area contributed by atoms with E-state index in [1.165, 1.54) is 31.9 Å². The van der Waals surface area contributed by atoms with Crippen molar-refractivity contribution < 1.29 is 13.6 Å². The zero-order chi connectivity index (χ0) is 16.5. The van der Waals surface area contributed by atoms with Gasteiger partial charge in [0.25, 0.3) is 5.89 Å². The summed E-state index contributed by atoms with van der Waals surface area (Å²) in [5.74, 6) is 0.416. The molecule has 4 rings (SSSR count). The number of carbonyl (C=O) groups excluding carboxylic acids is 1. The number of fused-ring (bicyclic) bond motifs is 1. The van der Waals surface area contributed by atoms with Crippen molar-refractivity contribution in [2.24, 2.45) is 5.92 Å². The molecule has 2 aromatic heterocycles. The normalized spacial score (nSPS) is 23.9. The van der Waals surface area contributed by atoms with Crippen molar-refractivity contribution in [3.05, 3.63) is 28.9 Å². The van der Waals surface area contributed by atoms with E-state index in [1.807, 2.05) is 4.90 Å². The molecule has 0 aromatic carbocycles. The fourth-order valence-electron chi connectivity index (χ4n) is 4.06. The zero-order valence-electron chi connectivity index (χ0n) is 13.5. The Morgan fingerprint density at radius 1 is 1.25 bits per heavy atom. The molecule has 3 heterocycles. The van der Waals surface area contributed by atoms with Gasteiger partial charge in [0.2, 0.25) is 5.91 Å². The molecule has 128 valence electrons. The minimum Gasteiger partial charge on any atom is -0.459 e. The van der Waals surface area contributed by atoms with Crippen LogP contribution in [0.1, 0.15) is 38.5 Å². The Bertz CT molecular complexity index is 759. The van der Waals surface area contributed by atoms with Gasteiger partial charge in [-0.15, -0.1) is 5.10 Å². The number of furan rings is 1. The van der Waals surface area contributed by atoms with E-state index in [-0.39, 0.29) is 18.3 Å². The smallest absolute Gasteiger partial charge is 0.437 e. The largest absolute Gasteiger partial charge is 0.459 e. The molecule has 2 aliphatic rings. The fourth-order valence-corrected chi connectivity index (χ4v) is 4.06. The van der Waals surface area contributed by atoms with Gasteiger partial charge < -0.3 is 13.7 Å². The average molecular weight is 331 g/mol. The van der Waals surface area contributed by atoms with Crippen molar-refractivity contribution in [2.75, 3.05) is 6.54 Å². The second-order valence-corrected chi connectivity index (χ2v) is 6.65. The van der Waals surface area contributed by atoms with Gasteiger partial charge in [-0.3, -0.25) is 4.79 Å². The first-order valence-corrected chi connectivity index (χ1v) is 8.63. The molecule has 0 spiro atoms.